The number of nitrogens with zero attached hydrogens (tertiary/aromatic N) is 2. The number of hydrogen-bond donors (Lipinski definition) is 1. The first-order chi connectivity index (χ1) is 11.8. The van der Waals surface area contributed by atoms with E-state index in [1.165, 1.54) is 13.1 Å². The van der Waals surface area contributed by atoms with Crippen LogP contribution in [0.5, 0.6) is 0 Å². The minimum absolute atomic E-state index is 0.0570. The molecule has 138 valence electrons. The summed E-state index contributed by atoms with van der Waals surface area (Å²) in [5, 5.41) is 6.30. The summed E-state index contributed by atoms with van der Waals surface area (Å²) in [6.07, 6.45) is -4.23. The Morgan fingerprint density at radius 2 is 2.32 bits per heavy atom. The molecular formula is C15H18F3N3O3S. The van der Waals surface area contributed by atoms with E-state index in [9.17, 15) is 18.0 Å². The zero-order chi connectivity index (χ0) is 18.2. The van der Waals surface area contributed by atoms with Crippen LogP contribution in [0.4, 0.5) is 13.2 Å². The summed E-state index contributed by atoms with van der Waals surface area (Å²) in [6, 6.07) is 1.02. The molecular weight excluding hydrogens is 359 g/mol. The van der Waals surface area contributed by atoms with Crippen LogP contribution in [-0.4, -0.2) is 47.7 Å². The Balaban J connectivity index is 1.82. The van der Waals surface area contributed by atoms with Gasteiger partial charge in [0.1, 0.15) is 10.9 Å². The SMILES string of the molecule is CCOC1COCCC1NC(=O)c1cc2c(C(F)(F)F)nn(C)c2s1. The van der Waals surface area contributed by atoms with E-state index >= 15 is 0 Å². The number of carbonyl (C=O) groups is 1. The number of ether oxygens (including phenoxy) is 2. The number of aromatic nitrogens is 2. The molecule has 0 radical (unpaired) electrons. The van der Waals surface area contributed by atoms with Crippen molar-refractivity contribution in [2.75, 3.05) is 19.8 Å². The predicted octanol–water partition coefficient (Wildman–Crippen LogP) is 2.58. The molecule has 1 fully saturated rings. The largest absolute Gasteiger partial charge is 0.435 e. The highest BCUT2D eigenvalue weighted by Gasteiger charge is 2.38. The zero-order valence-electron chi connectivity index (χ0n) is 13.7. The van der Waals surface area contributed by atoms with Gasteiger partial charge in [0.15, 0.2) is 5.69 Å². The number of amides is 1. The number of nitrogens with one attached hydrogen (secondary N) is 1. The van der Waals surface area contributed by atoms with Crippen LogP contribution in [-0.2, 0) is 22.7 Å². The number of aryl methyl sites for hydroxylation is 1. The van der Waals surface area contributed by atoms with Crippen LogP contribution in [0.25, 0.3) is 10.2 Å². The van der Waals surface area contributed by atoms with Gasteiger partial charge in [-0.3, -0.25) is 9.48 Å². The molecule has 3 heterocycles. The Labute approximate surface area is 145 Å². The maximum absolute atomic E-state index is 13.0. The van der Waals surface area contributed by atoms with E-state index < -0.39 is 17.8 Å². The summed E-state index contributed by atoms with van der Waals surface area (Å²) in [5.41, 5.74) is -0.974. The molecule has 0 saturated carbocycles. The lowest BCUT2D eigenvalue weighted by atomic mass is 10.1. The monoisotopic (exact) mass is 377 g/mol. The lowest BCUT2D eigenvalue weighted by Crippen LogP contribution is -2.49. The first kappa shape index (κ1) is 18.2. The van der Waals surface area contributed by atoms with Crippen LogP contribution in [0.15, 0.2) is 6.07 Å². The van der Waals surface area contributed by atoms with Gasteiger partial charge in [-0.2, -0.15) is 18.3 Å². The number of carbonyl (C=O) groups excluding carboxylic acids is 1. The highest BCUT2D eigenvalue weighted by Crippen LogP contribution is 2.37. The van der Waals surface area contributed by atoms with Crippen LogP contribution in [0.3, 0.4) is 0 Å². The van der Waals surface area contributed by atoms with Crippen molar-refractivity contribution in [1.82, 2.24) is 15.1 Å². The van der Waals surface area contributed by atoms with E-state index in [-0.39, 0.29) is 22.4 Å². The summed E-state index contributed by atoms with van der Waals surface area (Å²) in [4.78, 5) is 13.0. The van der Waals surface area contributed by atoms with E-state index in [4.69, 9.17) is 9.47 Å². The smallest absolute Gasteiger partial charge is 0.379 e. The molecule has 6 nitrogen and oxygen atoms in total. The van der Waals surface area contributed by atoms with Gasteiger partial charge in [0.2, 0.25) is 0 Å². The molecule has 1 N–H and O–H groups in total. The molecule has 0 aliphatic carbocycles. The Hall–Kier alpha value is -1.65. The summed E-state index contributed by atoms with van der Waals surface area (Å²) >= 11 is 0.988. The average molecular weight is 377 g/mol. The molecule has 0 spiro atoms. The Morgan fingerprint density at radius 1 is 1.56 bits per heavy atom. The molecule has 2 aromatic rings. The molecule has 1 aliphatic rings. The summed E-state index contributed by atoms with van der Waals surface area (Å²) < 4.78 is 51.2. The van der Waals surface area contributed by atoms with Crippen LogP contribution in [0.1, 0.15) is 28.7 Å². The van der Waals surface area contributed by atoms with Gasteiger partial charge in [-0.05, 0) is 19.4 Å². The second-order valence-electron chi connectivity index (χ2n) is 5.74. The van der Waals surface area contributed by atoms with E-state index in [0.717, 1.165) is 16.0 Å². The first-order valence-corrected chi connectivity index (χ1v) is 8.66. The van der Waals surface area contributed by atoms with Gasteiger partial charge in [-0.15, -0.1) is 11.3 Å². The average Bonchev–Trinajstić information content (AvgIpc) is 3.10. The van der Waals surface area contributed by atoms with Crippen molar-refractivity contribution < 1.29 is 27.4 Å². The second-order valence-corrected chi connectivity index (χ2v) is 6.77. The minimum atomic E-state index is -4.56. The van der Waals surface area contributed by atoms with Crippen molar-refractivity contribution in [3.63, 3.8) is 0 Å². The van der Waals surface area contributed by atoms with Crippen LogP contribution in [0.2, 0.25) is 0 Å². The fourth-order valence-corrected chi connectivity index (χ4v) is 3.83. The number of rotatable bonds is 4. The molecule has 3 rings (SSSR count). The van der Waals surface area contributed by atoms with Crippen molar-refractivity contribution in [1.29, 1.82) is 0 Å². The van der Waals surface area contributed by atoms with Gasteiger partial charge in [-0.25, -0.2) is 0 Å². The molecule has 2 aromatic heterocycles. The minimum Gasteiger partial charge on any atom is -0.379 e. The summed E-state index contributed by atoms with van der Waals surface area (Å²) in [6.45, 7) is 3.23. The number of hydrogen-bond acceptors (Lipinski definition) is 5. The lowest BCUT2D eigenvalue weighted by Gasteiger charge is -2.31. The molecule has 2 unspecified atom stereocenters. The number of halogens is 3. The molecule has 1 amide bonds. The first-order valence-electron chi connectivity index (χ1n) is 7.85. The van der Waals surface area contributed by atoms with Crippen molar-refractivity contribution in [2.24, 2.45) is 7.05 Å². The Bertz CT molecular complexity index is 769. The van der Waals surface area contributed by atoms with E-state index in [0.29, 0.717) is 31.1 Å². The molecule has 1 aliphatic heterocycles. The Kier molecular flexibility index (Phi) is 5.03. The third kappa shape index (κ3) is 3.65. The quantitative estimate of drug-likeness (QED) is 0.890. The van der Waals surface area contributed by atoms with Crippen LogP contribution < -0.4 is 5.32 Å². The third-order valence-corrected chi connectivity index (χ3v) is 5.21. The normalized spacial score (nSPS) is 21.6. The summed E-state index contributed by atoms with van der Waals surface area (Å²) in [7, 11) is 1.43. The van der Waals surface area contributed by atoms with E-state index in [2.05, 4.69) is 10.4 Å². The second kappa shape index (κ2) is 6.93. The molecule has 1 saturated heterocycles. The van der Waals surface area contributed by atoms with Gasteiger partial charge in [-0.1, -0.05) is 0 Å². The predicted molar refractivity (Wildman–Crippen MR) is 85.7 cm³/mol. The molecule has 25 heavy (non-hydrogen) atoms. The molecule has 0 bridgehead atoms. The summed E-state index contributed by atoms with van der Waals surface area (Å²) in [5.74, 6) is -0.411. The number of fused-ring (bicyclic) bond motifs is 1. The topological polar surface area (TPSA) is 65.4 Å². The molecule has 10 heteroatoms. The van der Waals surface area contributed by atoms with Crippen molar-refractivity contribution in [3.8, 4) is 0 Å². The third-order valence-electron chi connectivity index (χ3n) is 4.01. The van der Waals surface area contributed by atoms with Crippen LogP contribution >= 0.6 is 11.3 Å². The van der Waals surface area contributed by atoms with E-state index in [1.807, 2.05) is 6.92 Å². The number of alkyl halides is 3. The molecule has 2 atom stereocenters. The highest BCUT2D eigenvalue weighted by molar-refractivity contribution is 7.20. The maximum Gasteiger partial charge on any atom is 0.435 e. The van der Waals surface area contributed by atoms with Crippen molar-refractivity contribution in [2.45, 2.75) is 31.7 Å². The molecule has 0 aromatic carbocycles. The van der Waals surface area contributed by atoms with E-state index in [1.54, 1.807) is 0 Å². The highest BCUT2D eigenvalue weighted by atomic mass is 32.1. The van der Waals surface area contributed by atoms with Gasteiger partial charge in [0.25, 0.3) is 5.91 Å². The zero-order valence-corrected chi connectivity index (χ0v) is 14.5. The van der Waals surface area contributed by atoms with Gasteiger partial charge < -0.3 is 14.8 Å². The van der Waals surface area contributed by atoms with Gasteiger partial charge in [0.05, 0.1) is 17.5 Å². The van der Waals surface area contributed by atoms with Crippen LogP contribution in [0, 0.1) is 0 Å². The fraction of sp³-hybridized carbons (Fsp3) is 0.600. The standard InChI is InChI=1S/C15H18F3N3O3S/c1-3-24-10-7-23-5-4-9(10)19-13(22)11-6-8-12(15(16,17)18)20-21(2)14(8)25-11/h6,9-10H,3-5,7H2,1-2H3,(H,19,22). The number of thiophene rings is 1. The van der Waals surface area contributed by atoms with Crippen molar-refractivity contribution >= 4 is 27.5 Å². The maximum atomic E-state index is 13.0. The van der Waals surface area contributed by atoms with Gasteiger partial charge in [0, 0.05) is 25.6 Å². The van der Waals surface area contributed by atoms with Crippen molar-refractivity contribution in [3.05, 3.63) is 16.6 Å². The fourth-order valence-electron chi connectivity index (χ4n) is 2.86. The van der Waals surface area contributed by atoms with Gasteiger partial charge >= 0.3 is 6.18 Å². The lowest BCUT2D eigenvalue weighted by molar-refractivity contribution is -0.140. The Morgan fingerprint density at radius 3 is 3.00 bits per heavy atom.